The van der Waals surface area contributed by atoms with Crippen LogP contribution in [0.25, 0.3) is 0 Å². The Labute approximate surface area is 210 Å². The van der Waals surface area contributed by atoms with Crippen molar-refractivity contribution in [1.29, 1.82) is 0 Å². The van der Waals surface area contributed by atoms with Crippen LogP contribution in [0.1, 0.15) is 55.5 Å². The van der Waals surface area contributed by atoms with Crippen molar-refractivity contribution in [2.45, 2.75) is 69.2 Å². The maximum Gasteiger partial charge on any atom is 0.407 e. The highest BCUT2D eigenvalue weighted by atomic mass is 16.5. The summed E-state index contributed by atoms with van der Waals surface area (Å²) in [6.07, 6.45) is 9.50. The molecule has 0 aliphatic heterocycles. The van der Waals surface area contributed by atoms with Crippen LogP contribution in [-0.2, 0) is 28.2 Å². The summed E-state index contributed by atoms with van der Waals surface area (Å²) < 4.78 is 11.0. The van der Waals surface area contributed by atoms with E-state index in [1.165, 1.54) is 18.7 Å². The van der Waals surface area contributed by atoms with Gasteiger partial charge in [-0.15, -0.1) is 0 Å². The average Bonchev–Trinajstić information content (AvgIpc) is 3.62. The van der Waals surface area contributed by atoms with E-state index in [9.17, 15) is 14.7 Å². The van der Waals surface area contributed by atoms with Crippen LogP contribution in [0.5, 0.6) is 0 Å². The molecule has 1 aliphatic rings. The average molecular weight is 495 g/mol. The first-order chi connectivity index (χ1) is 17.5. The van der Waals surface area contributed by atoms with Gasteiger partial charge < -0.3 is 30.3 Å². The molecule has 0 radical (unpaired) electrons. The zero-order valence-electron chi connectivity index (χ0n) is 20.3. The van der Waals surface area contributed by atoms with Crippen molar-refractivity contribution in [1.82, 2.24) is 15.3 Å². The first-order valence-corrected chi connectivity index (χ1v) is 12.5. The second kappa shape index (κ2) is 12.0. The maximum atomic E-state index is 13.8. The molecular weight excluding hydrogens is 460 g/mol. The minimum atomic E-state index is -2.17. The molecule has 9 heteroatoms. The SMILES string of the molecule is N[C@@H](Cc1cnc[nH]1)C(=O)[C@@](O)(c1ccco1)[C@@H](CC1CCCCC1)NC(=O)OCc1ccccc1. The lowest BCUT2D eigenvalue weighted by Crippen LogP contribution is -2.60. The molecule has 192 valence electrons. The van der Waals surface area contributed by atoms with Gasteiger partial charge in [0.15, 0.2) is 5.78 Å². The number of rotatable bonds is 11. The fourth-order valence-corrected chi connectivity index (χ4v) is 4.97. The van der Waals surface area contributed by atoms with Gasteiger partial charge >= 0.3 is 6.09 Å². The highest BCUT2D eigenvalue weighted by Crippen LogP contribution is 2.36. The minimum absolute atomic E-state index is 0.0386. The summed E-state index contributed by atoms with van der Waals surface area (Å²) in [7, 11) is 0. The van der Waals surface area contributed by atoms with Gasteiger partial charge in [0, 0.05) is 18.3 Å². The number of ether oxygens (including phenoxy) is 1. The van der Waals surface area contributed by atoms with Crippen LogP contribution < -0.4 is 11.1 Å². The maximum absolute atomic E-state index is 13.8. The van der Waals surface area contributed by atoms with Crippen LogP contribution in [-0.4, -0.2) is 39.0 Å². The second-order valence-corrected chi connectivity index (χ2v) is 9.49. The number of nitrogens with zero attached hydrogens (tertiary/aromatic N) is 1. The van der Waals surface area contributed by atoms with Crippen molar-refractivity contribution < 1.29 is 23.8 Å². The number of hydrogen-bond acceptors (Lipinski definition) is 7. The first kappa shape index (κ1) is 25.7. The summed E-state index contributed by atoms with van der Waals surface area (Å²) in [5.74, 6) is -0.371. The Hall–Kier alpha value is -3.43. The molecule has 5 N–H and O–H groups in total. The molecule has 9 nitrogen and oxygen atoms in total. The lowest BCUT2D eigenvalue weighted by atomic mass is 9.76. The Morgan fingerprint density at radius 1 is 1.19 bits per heavy atom. The van der Waals surface area contributed by atoms with E-state index in [2.05, 4.69) is 15.3 Å². The van der Waals surface area contributed by atoms with E-state index in [4.69, 9.17) is 14.9 Å². The Morgan fingerprint density at radius 3 is 2.64 bits per heavy atom. The molecule has 0 bridgehead atoms. The summed E-state index contributed by atoms with van der Waals surface area (Å²) in [5, 5.41) is 14.8. The van der Waals surface area contributed by atoms with Gasteiger partial charge in [0.1, 0.15) is 12.4 Å². The number of amides is 1. The number of carbonyl (C=O) groups excluding carboxylic acids is 2. The van der Waals surface area contributed by atoms with Crippen molar-refractivity contribution >= 4 is 11.9 Å². The number of hydrogen-bond donors (Lipinski definition) is 4. The van der Waals surface area contributed by atoms with Crippen molar-refractivity contribution in [3.63, 3.8) is 0 Å². The fraction of sp³-hybridized carbons (Fsp3) is 0.444. The van der Waals surface area contributed by atoms with E-state index in [1.54, 1.807) is 12.3 Å². The molecule has 1 fully saturated rings. The minimum Gasteiger partial charge on any atom is -0.466 e. The van der Waals surface area contributed by atoms with E-state index in [0.717, 1.165) is 37.7 Å². The van der Waals surface area contributed by atoms with Crippen LogP contribution in [0.3, 0.4) is 0 Å². The van der Waals surface area contributed by atoms with Gasteiger partial charge in [0.25, 0.3) is 0 Å². The summed E-state index contributed by atoms with van der Waals surface area (Å²) in [4.78, 5) is 33.6. The number of benzene rings is 1. The fourth-order valence-electron chi connectivity index (χ4n) is 4.97. The molecule has 1 aliphatic carbocycles. The van der Waals surface area contributed by atoms with Crippen molar-refractivity contribution in [3.05, 3.63) is 78.3 Å². The van der Waals surface area contributed by atoms with Crippen molar-refractivity contribution in [2.75, 3.05) is 0 Å². The Kier molecular flexibility index (Phi) is 8.56. The third-order valence-electron chi connectivity index (χ3n) is 6.91. The number of carbonyl (C=O) groups is 2. The summed E-state index contributed by atoms with van der Waals surface area (Å²) in [5.41, 5.74) is 5.61. The van der Waals surface area contributed by atoms with Gasteiger partial charge in [-0.05, 0) is 30.0 Å². The third kappa shape index (κ3) is 6.22. The van der Waals surface area contributed by atoms with Crippen LogP contribution >= 0.6 is 0 Å². The lowest BCUT2D eigenvalue weighted by Gasteiger charge is -2.37. The highest BCUT2D eigenvalue weighted by Gasteiger charge is 2.51. The van der Waals surface area contributed by atoms with Crippen LogP contribution in [0, 0.1) is 5.92 Å². The van der Waals surface area contributed by atoms with E-state index in [-0.39, 0.29) is 24.7 Å². The number of aliphatic hydroxyl groups is 1. The van der Waals surface area contributed by atoms with Gasteiger partial charge in [-0.2, -0.15) is 0 Å². The highest BCUT2D eigenvalue weighted by molar-refractivity contribution is 5.93. The molecule has 1 amide bonds. The largest absolute Gasteiger partial charge is 0.466 e. The molecule has 1 aromatic carbocycles. The number of aromatic amines is 1. The Morgan fingerprint density at radius 2 is 1.97 bits per heavy atom. The Balaban J connectivity index is 1.58. The number of alkyl carbamates (subject to hydrolysis) is 1. The predicted molar refractivity (Wildman–Crippen MR) is 133 cm³/mol. The second-order valence-electron chi connectivity index (χ2n) is 9.49. The molecule has 4 rings (SSSR count). The number of nitrogens with one attached hydrogen (secondary N) is 2. The quantitative estimate of drug-likeness (QED) is 0.319. The van der Waals surface area contributed by atoms with E-state index in [0.29, 0.717) is 12.1 Å². The standard InChI is InChI=1S/C27H34N4O5/c28-22(15-21-16-29-18-30-21)25(32)27(34,24-12-7-13-35-24)23(14-19-8-3-1-4-9-19)31-26(33)36-17-20-10-5-2-6-11-20/h2,5-7,10-13,16,18-19,22-23,34H,1,3-4,8-9,14-15,17,28H2,(H,29,30)(H,31,33)/t22-,23+,27-/m0/s1. The summed E-state index contributed by atoms with van der Waals surface area (Å²) >= 11 is 0. The number of Topliss-reactive ketones (excluding diaryl/α,β-unsaturated/α-hetero) is 1. The van der Waals surface area contributed by atoms with Gasteiger partial charge in [-0.25, -0.2) is 9.78 Å². The number of ketones is 1. The van der Waals surface area contributed by atoms with E-state index >= 15 is 0 Å². The summed E-state index contributed by atoms with van der Waals surface area (Å²) in [6.45, 7) is 0.0648. The van der Waals surface area contributed by atoms with E-state index in [1.807, 2.05) is 30.3 Å². The number of nitrogens with two attached hydrogens (primary N) is 1. The molecule has 3 atom stereocenters. The lowest BCUT2D eigenvalue weighted by molar-refractivity contribution is -0.146. The first-order valence-electron chi connectivity index (χ1n) is 12.5. The number of H-pyrrole nitrogens is 1. The number of imidazole rings is 1. The smallest absolute Gasteiger partial charge is 0.407 e. The molecule has 0 unspecified atom stereocenters. The molecule has 2 aromatic heterocycles. The van der Waals surface area contributed by atoms with Crippen LogP contribution in [0.15, 0.2) is 65.7 Å². The molecule has 1 saturated carbocycles. The summed E-state index contributed by atoms with van der Waals surface area (Å²) in [6, 6.07) is 10.4. The molecule has 3 aromatic rings. The molecule has 2 heterocycles. The van der Waals surface area contributed by atoms with Gasteiger partial charge in [-0.1, -0.05) is 62.4 Å². The monoisotopic (exact) mass is 494 g/mol. The molecule has 36 heavy (non-hydrogen) atoms. The molecule has 0 spiro atoms. The number of aromatic nitrogens is 2. The van der Waals surface area contributed by atoms with Gasteiger partial charge in [0.2, 0.25) is 5.60 Å². The third-order valence-corrected chi connectivity index (χ3v) is 6.91. The van der Waals surface area contributed by atoms with Crippen molar-refractivity contribution in [3.8, 4) is 0 Å². The van der Waals surface area contributed by atoms with E-state index < -0.39 is 29.6 Å². The van der Waals surface area contributed by atoms with Crippen LogP contribution in [0.4, 0.5) is 4.79 Å². The normalized spacial score (nSPS) is 17.6. The van der Waals surface area contributed by atoms with Crippen molar-refractivity contribution in [2.24, 2.45) is 11.7 Å². The molecular formula is C27H34N4O5. The topological polar surface area (TPSA) is 143 Å². The van der Waals surface area contributed by atoms with Crippen LogP contribution in [0.2, 0.25) is 0 Å². The molecule has 0 saturated heterocycles. The number of furan rings is 1. The van der Waals surface area contributed by atoms with Gasteiger partial charge in [-0.3, -0.25) is 4.79 Å². The predicted octanol–water partition coefficient (Wildman–Crippen LogP) is 3.59. The Bertz CT molecular complexity index is 1080. The van der Waals surface area contributed by atoms with Gasteiger partial charge in [0.05, 0.1) is 24.7 Å². The zero-order chi connectivity index (χ0) is 25.4. The zero-order valence-corrected chi connectivity index (χ0v) is 20.3.